The molecule has 0 aromatic heterocycles. The third-order valence-corrected chi connectivity index (χ3v) is 8.46. The van der Waals surface area contributed by atoms with Gasteiger partial charge in [0.2, 0.25) is 11.8 Å². The zero-order chi connectivity index (χ0) is 24.0. The van der Waals surface area contributed by atoms with Gasteiger partial charge in [-0.05, 0) is 49.4 Å². The summed E-state index contributed by atoms with van der Waals surface area (Å²) in [4.78, 5) is 40.9. The molecule has 4 aliphatic rings. The lowest BCUT2D eigenvalue weighted by Crippen LogP contribution is -2.61. The molecule has 5 rings (SSSR count). The van der Waals surface area contributed by atoms with Crippen molar-refractivity contribution in [3.63, 3.8) is 0 Å². The summed E-state index contributed by atoms with van der Waals surface area (Å²) in [5.74, 6) is 0.512. The molecular weight excluding hydrogens is 453 g/mol. The van der Waals surface area contributed by atoms with Gasteiger partial charge in [-0.1, -0.05) is 13.3 Å². The van der Waals surface area contributed by atoms with Gasteiger partial charge in [-0.2, -0.15) is 0 Å². The number of hydrogen-bond acceptors (Lipinski definition) is 6. The van der Waals surface area contributed by atoms with Crippen molar-refractivity contribution in [2.24, 2.45) is 5.92 Å². The maximum atomic E-state index is 13.0. The van der Waals surface area contributed by atoms with Crippen LogP contribution in [0.4, 0.5) is 0 Å². The number of amides is 3. The van der Waals surface area contributed by atoms with Crippen LogP contribution in [0, 0.1) is 5.92 Å². The molecule has 1 aromatic carbocycles. The fourth-order valence-electron chi connectivity index (χ4n) is 6.05. The van der Waals surface area contributed by atoms with Crippen LogP contribution in [0.3, 0.4) is 0 Å². The Balaban J connectivity index is 1.30. The number of hydrogen-bond donors (Lipinski definition) is 1. The van der Waals surface area contributed by atoms with Gasteiger partial charge in [0, 0.05) is 43.9 Å². The first kappa shape index (κ1) is 23.7. The summed E-state index contributed by atoms with van der Waals surface area (Å²) in [6.45, 7) is 7.29. The second-order valence-corrected chi connectivity index (χ2v) is 10.7. The van der Waals surface area contributed by atoms with Gasteiger partial charge in [0.25, 0.3) is 5.91 Å². The summed E-state index contributed by atoms with van der Waals surface area (Å²) in [6, 6.07) is 5.38. The summed E-state index contributed by atoms with van der Waals surface area (Å²) in [6.07, 6.45) is 3.21. The molecule has 1 aliphatic carbocycles. The minimum Gasteiger partial charge on any atom is -0.488 e. The Morgan fingerprint density at radius 1 is 1.18 bits per heavy atom. The normalized spacial score (nSPS) is 32.0. The average Bonchev–Trinajstić information content (AvgIpc) is 3.27. The number of fused-ring (bicyclic) bond motifs is 1. The molecule has 2 saturated heterocycles. The molecule has 34 heavy (non-hydrogen) atoms. The van der Waals surface area contributed by atoms with E-state index in [9.17, 15) is 14.4 Å². The molecule has 3 unspecified atom stereocenters. The fourth-order valence-corrected chi connectivity index (χ4v) is 6.71. The quantitative estimate of drug-likeness (QED) is 0.467. The third-order valence-electron chi connectivity index (χ3n) is 7.81. The predicted octanol–water partition coefficient (Wildman–Crippen LogP) is 1.96. The van der Waals surface area contributed by atoms with Gasteiger partial charge < -0.3 is 14.4 Å². The molecule has 1 aromatic rings. The first-order valence-corrected chi connectivity index (χ1v) is 13.1. The van der Waals surface area contributed by atoms with E-state index in [2.05, 4.69) is 26.4 Å². The molecule has 6 atom stereocenters. The predicted molar refractivity (Wildman–Crippen MR) is 130 cm³/mol. The average molecular weight is 488 g/mol. The number of likely N-dealkylation sites (tertiary alicyclic amines) is 1. The highest BCUT2D eigenvalue weighted by Gasteiger charge is 2.49. The highest BCUT2D eigenvalue weighted by atomic mass is 31.0. The molecule has 3 aliphatic heterocycles. The minimum absolute atomic E-state index is 0.0546. The second kappa shape index (κ2) is 9.56. The van der Waals surface area contributed by atoms with Crippen LogP contribution in [-0.4, -0.2) is 77.2 Å². The number of ether oxygens (including phenoxy) is 2. The SMILES string of the molecule is CCOC1CN([C@@H]2C(Oc3ccc4c(c3)CN(C3CCC(=O)NC3=O)C4=O)[C@@H](P)C[C@H]2CC)C1. The van der Waals surface area contributed by atoms with E-state index in [0.717, 1.165) is 43.9 Å². The number of imide groups is 1. The van der Waals surface area contributed by atoms with Crippen molar-refractivity contribution in [3.05, 3.63) is 29.3 Å². The number of rotatable bonds is 7. The van der Waals surface area contributed by atoms with Gasteiger partial charge in [0.1, 0.15) is 17.9 Å². The Bertz CT molecular complexity index is 981. The summed E-state index contributed by atoms with van der Waals surface area (Å²) >= 11 is 0. The van der Waals surface area contributed by atoms with Crippen LogP contribution in [0.25, 0.3) is 0 Å². The lowest BCUT2D eigenvalue weighted by atomic mass is 9.94. The molecule has 184 valence electrons. The van der Waals surface area contributed by atoms with Crippen LogP contribution in [0.1, 0.15) is 55.5 Å². The molecule has 0 radical (unpaired) electrons. The smallest absolute Gasteiger partial charge is 0.255 e. The summed E-state index contributed by atoms with van der Waals surface area (Å²) < 4.78 is 12.4. The standard InChI is InChI=1S/C25H34N3O5P/c1-3-14-10-20(34)23(22(14)27-12-17(13-27)32-4-2)33-16-5-6-18-15(9-16)11-28(25(18)31)19-7-8-21(29)26-24(19)30/h5-6,9,14,17,19-20,22-23H,3-4,7-8,10-13,34H2,1-2H3,(H,26,29,30)/t14-,19?,20+,22+,23?/m1/s1. The Hall–Kier alpha value is -2.02. The molecule has 0 spiro atoms. The molecule has 0 bridgehead atoms. The van der Waals surface area contributed by atoms with Crippen molar-refractivity contribution in [2.75, 3.05) is 19.7 Å². The number of piperidine rings is 1. The van der Waals surface area contributed by atoms with Crippen LogP contribution >= 0.6 is 9.24 Å². The fraction of sp³-hybridized carbons (Fsp3) is 0.640. The number of carbonyl (C=O) groups is 3. The monoisotopic (exact) mass is 487 g/mol. The highest BCUT2D eigenvalue weighted by Crippen LogP contribution is 2.41. The second-order valence-electron chi connectivity index (χ2n) is 9.89. The van der Waals surface area contributed by atoms with E-state index in [1.165, 1.54) is 0 Å². The van der Waals surface area contributed by atoms with Gasteiger partial charge in [0.15, 0.2) is 0 Å². The summed E-state index contributed by atoms with van der Waals surface area (Å²) in [5, 5.41) is 2.35. The van der Waals surface area contributed by atoms with Crippen molar-refractivity contribution in [3.8, 4) is 5.75 Å². The number of nitrogens with zero attached hydrogens (tertiary/aromatic N) is 2. The van der Waals surface area contributed by atoms with E-state index in [1.807, 2.05) is 25.1 Å². The molecule has 3 fully saturated rings. The van der Waals surface area contributed by atoms with E-state index in [4.69, 9.17) is 9.47 Å². The van der Waals surface area contributed by atoms with Crippen LogP contribution in [0.5, 0.6) is 5.75 Å². The maximum Gasteiger partial charge on any atom is 0.255 e. The third kappa shape index (κ3) is 4.25. The Kier molecular flexibility index (Phi) is 6.66. The van der Waals surface area contributed by atoms with E-state index in [1.54, 1.807) is 4.90 Å². The molecular formula is C25H34N3O5P. The van der Waals surface area contributed by atoms with Gasteiger partial charge >= 0.3 is 0 Å². The maximum absolute atomic E-state index is 13.0. The molecule has 1 saturated carbocycles. The van der Waals surface area contributed by atoms with E-state index < -0.39 is 6.04 Å². The lowest BCUT2D eigenvalue weighted by molar-refractivity contribution is -0.136. The van der Waals surface area contributed by atoms with E-state index in [0.29, 0.717) is 42.3 Å². The van der Waals surface area contributed by atoms with Crippen molar-refractivity contribution in [1.29, 1.82) is 0 Å². The topological polar surface area (TPSA) is 88.2 Å². The van der Waals surface area contributed by atoms with Gasteiger partial charge in [0.05, 0.1) is 12.1 Å². The number of carbonyl (C=O) groups excluding carboxylic acids is 3. The Labute approximate surface area is 202 Å². The van der Waals surface area contributed by atoms with E-state index >= 15 is 0 Å². The van der Waals surface area contributed by atoms with Crippen LogP contribution in [-0.2, 0) is 20.9 Å². The van der Waals surface area contributed by atoms with Crippen molar-refractivity contribution in [1.82, 2.24) is 15.1 Å². The molecule has 3 heterocycles. The van der Waals surface area contributed by atoms with Crippen molar-refractivity contribution >= 4 is 27.0 Å². The van der Waals surface area contributed by atoms with Crippen LogP contribution < -0.4 is 10.1 Å². The van der Waals surface area contributed by atoms with E-state index in [-0.39, 0.29) is 30.2 Å². The molecule has 1 N–H and O–H groups in total. The number of benzene rings is 1. The van der Waals surface area contributed by atoms with Gasteiger partial charge in [-0.3, -0.25) is 24.6 Å². The first-order chi connectivity index (χ1) is 16.4. The minimum atomic E-state index is -0.604. The Morgan fingerprint density at radius 2 is 1.97 bits per heavy atom. The molecule has 8 nitrogen and oxygen atoms in total. The highest BCUT2D eigenvalue weighted by molar-refractivity contribution is 7.17. The zero-order valence-electron chi connectivity index (χ0n) is 19.9. The van der Waals surface area contributed by atoms with Gasteiger partial charge in [-0.25, -0.2) is 0 Å². The van der Waals surface area contributed by atoms with Crippen molar-refractivity contribution in [2.45, 2.75) is 76.0 Å². The lowest BCUT2D eigenvalue weighted by Gasteiger charge is -2.46. The van der Waals surface area contributed by atoms with Crippen molar-refractivity contribution < 1.29 is 23.9 Å². The molecule has 3 amide bonds. The molecule has 9 heteroatoms. The number of nitrogens with one attached hydrogen (secondary N) is 1. The first-order valence-electron chi connectivity index (χ1n) is 12.4. The van der Waals surface area contributed by atoms with Crippen LogP contribution in [0.2, 0.25) is 0 Å². The zero-order valence-corrected chi connectivity index (χ0v) is 21.0. The van der Waals surface area contributed by atoms with Crippen LogP contribution in [0.15, 0.2) is 18.2 Å². The largest absolute Gasteiger partial charge is 0.488 e. The Morgan fingerprint density at radius 3 is 2.68 bits per heavy atom. The summed E-state index contributed by atoms with van der Waals surface area (Å²) in [7, 11) is 2.99. The van der Waals surface area contributed by atoms with Gasteiger partial charge in [-0.15, -0.1) is 9.24 Å². The summed E-state index contributed by atoms with van der Waals surface area (Å²) in [5.41, 5.74) is 1.83.